The Morgan fingerprint density at radius 3 is 2.31 bits per heavy atom. The lowest BCUT2D eigenvalue weighted by molar-refractivity contribution is 0.0977. The second-order valence-electron chi connectivity index (χ2n) is 5.89. The highest BCUT2D eigenvalue weighted by molar-refractivity contribution is 9.10. The van der Waals surface area contributed by atoms with Crippen molar-refractivity contribution in [3.63, 3.8) is 0 Å². The minimum Gasteiger partial charge on any atom is -0.490 e. The van der Waals surface area contributed by atoms with Crippen LogP contribution in [0.2, 0.25) is 0 Å². The average molecular weight is 471 g/mol. The topological polar surface area (TPSA) is 59.6 Å². The van der Waals surface area contributed by atoms with Crippen LogP contribution in [0.5, 0.6) is 11.5 Å². The van der Waals surface area contributed by atoms with Gasteiger partial charge < -0.3 is 14.8 Å². The van der Waals surface area contributed by atoms with Crippen LogP contribution in [0.4, 0.5) is 5.69 Å². The number of carbonyl (C=O) groups is 1. The van der Waals surface area contributed by atoms with Gasteiger partial charge in [0.25, 0.3) is 5.91 Å². The molecule has 0 radical (unpaired) electrons. The highest BCUT2D eigenvalue weighted by Gasteiger charge is 2.12. The largest absolute Gasteiger partial charge is 0.490 e. The zero-order valence-electron chi connectivity index (χ0n) is 15.4. The van der Waals surface area contributed by atoms with Gasteiger partial charge >= 0.3 is 0 Å². The van der Waals surface area contributed by atoms with Crippen molar-refractivity contribution in [2.45, 2.75) is 0 Å². The van der Waals surface area contributed by atoms with Crippen LogP contribution in [0, 0.1) is 0 Å². The van der Waals surface area contributed by atoms with Crippen molar-refractivity contribution in [1.82, 2.24) is 5.32 Å². The van der Waals surface area contributed by atoms with E-state index >= 15 is 0 Å². The van der Waals surface area contributed by atoms with Crippen molar-refractivity contribution in [3.8, 4) is 11.5 Å². The van der Waals surface area contributed by atoms with Crippen LogP contribution in [0.15, 0.2) is 83.3 Å². The van der Waals surface area contributed by atoms with Gasteiger partial charge in [0.05, 0.1) is 11.3 Å². The summed E-state index contributed by atoms with van der Waals surface area (Å²) < 4.78 is 12.1. The Morgan fingerprint density at radius 2 is 1.52 bits per heavy atom. The van der Waals surface area contributed by atoms with Crippen LogP contribution in [-0.2, 0) is 0 Å². The van der Waals surface area contributed by atoms with E-state index in [2.05, 4.69) is 26.6 Å². The molecule has 0 heterocycles. The van der Waals surface area contributed by atoms with Gasteiger partial charge in [0.15, 0.2) is 5.11 Å². The third-order valence-corrected chi connectivity index (χ3v) is 4.73. The van der Waals surface area contributed by atoms with E-state index in [1.165, 1.54) is 0 Å². The van der Waals surface area contributed by atoms with Crippen LogP contribution in [0.3, 0.4) is 0 Å². The summed E-state index contributed by atoms with van der Waals surface area (Å²) in [6, 6.07) is 24.0. The predicted molar refractivity (Wildman–Crippen MR) is 122 cm³/mol. The van der Waals surface area contributed by atoms with Crippen molar-refractivity contribution in [2.75, 3.05) is 18.5 Å². The molecule has 0 atom stereocenters. The van der Waals surface area contributed by atoms with Crippen LogP contribution < -0.4 is 20.1 Å². The van der Waals surface area contributed by atoms with Crippen molar-refractivity contribution >= 4 is 44.9 Å². The van der Waals surface area contributed by atoms with Gasteiger partial charge in [0.2, 0.25) is 0 Å². The first-order valence-corrected chi connectivity index (χ1v) is 10.1. The summed E-state index contributed by atoms with van der Waals surface area (Å²) in [6.45, 7) is 0.769. The minimum atomic E-state index is -0.301. The monoisotopic (exact) mass is 470 g/mol. The van der Waals surface area contributed by atoms with Crippen molar-refractivity contribution in [1.29, 1.82) is 0 Å². The maximum absolute atomic E-state index is 12.4. The van der Waals surface area contributed by atoms with Gasteiger partial charge in [0.1, 0.15) is 24.7 Å². The third kappa shape index (κ3) is 6.30. The van der Waals surface area contributed by atoms with Gasteiger partial charge in [-0.1, -0.05) is 42.5 Å². The molecular formula is C22H19BrN2O3S. The van der Waals surface area contributed by atoms with E-state index in [0.29, 0.717) is 34.7 Å². The van der Waals surface area contributed by atoms with Gasteiger partial charge in [-0.2, -0.15) is 0 Å². The summed E-state index contributed by atoms with van der Waals surface area (Å²) in [6.07, 6.45) is 0. The average Bonchev–Trinajstić information content (AvgIpc) is 2.73. The molecule has 1 amide bonds. The summed E-state index contributed by atoms with van der Waals surface area (Å²) in [4.78, 5) is 12.4. The van der Waals surface area contributed by atoms with E-state index in [1.54, 1.807) is 18.2 Å². The molecule has 0 bridgehead atoms. The Hall–Kier alpha value is -2.90. The number of anilines is 1. The normalized spacial score (nSPS) is 10.1. The number of hydrogen-bond acceptors (Lipinski definition) is 4. The molecule has 0 aliphatic rings. The van der Waals surface area contributed by atoms with E-state index in [0.717, 1.165) is 5.75 Å². The lowest BCUT2D eigenvalue weighted by Crippen LogP contribution is -2.34. The Balaban J connectivity index is 1.53. The van der Waals surface area contributed by atoms with Crippen LogP contribution in [0.25, 0.3) is 0 Å². The molecule has 29 heavy (non-hydrogen) atoms. The molecule has 148 valence electrons. The molecule has 0 saturated heterocycles. The standard InChI is InChI=1S/C22H19BrN2O3S/c23-18-11-5-4-10-17(18)21(26)25-22(29)24-19-12-6-7-13-20(19)28-15-14-27-16-8-2-1-3-9-16/h1-13H,14-15H2,(H2,24,25,26,29). The number of rotatable bonds is 7. The zero-order valence-corrected chi connectivity index (χ0v) is 17.8. The van der Waals surface area contributed by atoms with Crippen molar-refractivity contribution in [2.24, 2.45) is 0 Å². The molecular weight excluding hydrogens is 452 g/mol. The number of halogens is 1. The number of carbonyl (C=O) groups excluding carboxylic acids is 1. The molecule has 3 aromatic rings. The Kier molecular flexibility index (Phi) is 7.61. The number of nitrogens with one attached hydrogen (secondary N) is 2. The lowest BCUT2D eigenvalue weighted by atomic mass is 10.2. The third-order valence-electron chi connectivity index (χ3n) is 3.83. The van der Waals surface area contributed by atoms with Crippen LogP contribution in [0.1, 0.15) is 10.4 Å². The van der Waals surface area contributed by atoms with Crippen LogP contribution >= 0.6 is 28.1 Å². The molecule has 0 aromatic heterocycles. The molecule has 2 N–H and O–H groups in total. The van der Waals surface area contributed by atoms with Crippen LogP contribution in [-0.4, -0.2) is 24.2 Å². The quantitative estimate of drug-likeness (QED) is 0.374. The van der Waals surface area contributed by atoms with E-state index in [9.17, 15) is 4.79 Å². The van der Waals surface area contributed by atoms with E-state index in [1.807, 2.05) is 60.7 Å². The lowest BCUT2D eigenvalue weighted by Gasteiger charge is -2.15. The molecule has 0 saturated carbocycles. The molecule has 0 aliphatic heterocycles. The number of thiocarbonyl (C=S) groups is 1. The van der Waals surface area contributed by atoms with Gasteiger partial charge in [0, 0.05) is 4.47 Å². The van der Waals surface area contributed by atoms with E-state index in [-0.39, 0.29) is 11.0 Å². The van der Waals surface area contributed by atoms with Crippen molar-refractivity contribution in [3.05, 3.63) is 88.9 Å². The molecule has 0 aliphatic carbocycles. The minimum absolute atomic E-state index is 0.183. The highest BCUT2D eigenvalue weighted by Crippen LogP contribution is 2.24. The van der Waals surface area contributed by atoms with Gasteiger partial charge in [-0.15, -0.1) is 0 Å². The highest BCUT2D eigenvalue weighted by atomic mass is 79.9. The fourth-order valence-corrected chi connectivity index (χ4v) is 3.16. The molecule has 0 unspecified atom stereocenters. The second kappa shape index (κ2) is 10.6. The number of hydrogen-bond donors (Lipinski definition) is 2. The summed E-state index contributed by atoms with van der Waals surface area (Å²) >= 11 is 8.64. The number of ether oxygens (including phenoxy) is 2. The number of amides is 1. The Morgan fingerprint density at radius 1 is 0.862 bits per heavy atom. The molecule has 3 aromatic carbocycles. The maximum atomic E-state index is 12.4. The van der Waals surface area contributed by atoms with Gasteiger partial charge in [-0.3, -0.25) is 10.1 Å². The maximum Gasteiger partial charge on any atom is 0.258 e. The zero-order chi connectivity index (χ0) is 20.5. The first kappa shape index (κ1) is 20.8. The Labute approximate surface area is 183 Å². The van der Waals surface area contributed by atoms with E-state index < -0.39 is 0 Å². The van der Waals surface area contributed by atoms with E-state index in [4.69, 9.17) is 21.7 Å². The SMILES string of the molecule is O=C(NC(=S)Nc1ccccc1OCCOc1ccccc1)c1ccccc1Br. The summed E-state index contributed by atoms with van der Waals surface area (Å²) in [5.41, 5.74) is 1.16. The first-order valence-electron chi connectivity index (χ1n) is 8.90. The molecule has 0 fully saturated rings. The van der Waals surface area contributed by atoms with Crippen molar-refractivity contribution < 1.29 is 14.3 Å². The number of para-hydroxylation sites is 3. The fourth-order valence-electron chi connectivity index (χ4n) is 2.49. The summed E-state index contributed by atoms with van der Waals surface area (Å²) in [5, 5.41) is 5.86. The molecule has 7 heteroatoms. The first-order chi connectivity index (χ1) is 14.1. The molecule has 0 spiro atoms. The summed E-state index contributed by atoms with van der Waals surface area (Å²) in [7, 11) is 0. The molecule has 5 nitrogen and oxygen atoms in total. The van der Waals surface area contributed by atoms with Gasteiger partial charge in [-0.25, -0.2) is 0 Å². The molecule has 3 rings (SSSR count). The summed E-state index contributed by atoms with van der Waals surface area (Å²) in [5.74, 6) is 1.10. The Bertz CT molecular complexity index is 983. The fraction of sp³-hybridized carbons (Fsp3) is 0.0909. The number of benzene rings is 3. The predicted octanol–water partition coefficient (Wildman–Crippen LogP) is 5.03. The second-order valence-corrected chi connectivity index (χ2v) is 7.16. The van der Waals surface area contributed by atoms with Gasteiger partial charge in [-0.05, 0) is 64.5 Å². The smallest absolute Gasteiger partial charge is 0.258 e.